The fourth-order valence-electron chi connectivity index (χ4n) is 2.47. The summed E-state index contributed by atoms with van der Waals surface area (Å²) < 4.78 is 1.18. The molecule has 1 saturated carbocycles. The van der Waals surface area contributed by atoms with E-state index in [1.165, 1.54) is 28.6 Å². The van der Waals surface area contributed by atoms with Crippen LogP contribution in [0.2, 0.25) is 0 Å². The van der Waals surface area contributed by atoms with Crippen LogP contribution in [0.5, 0.6) is 0 Å². The van der Waals surface area contributed by atoms with E-state index in [4.69, 9.17) is 5.73 Å². The Morgan fingerprint density at radius 1 is 1.67 bits per heavy atom. The van der Waals surface area contributed by atoms with Crippen LogP contribution in [0, 0.1) is 5.41 Å². The summed E-state index contributed by atoms with van der Waals surface area (Å²) in [6, 6.07) is 2.63. The highest BCUT2D eigenvalue weighted by molar-refractivity contribution is 9.10. The Morgan fingerprint density at radius 3 is 2.73 bits per heavy atom. The molecule has 15 heavy (non-hydrogen) atoms. The second kappa shape index (κ2) is 4.53. The highest BCUT2D eigenvalue weighted by atomic mass is 79.9. The summed E-state index contributed by atoms with van der Waals surface area (Å²) in [5.74, 6) is 0. The van der Waals surface area contributed by atoms with Gasteiger partial charge in [-0.25, -0.2) is 0 Å². The van der Waals surface area contributed by atoms with Crippen molar-refractivity contribution >= 4 is 27.3 Å². The van der Waals surface area contributed by atoms with Crippen molar-refractivity contribution in [3.05, 3.63) is 20.8 Å². The zero-order valence-electron chi connectivity index (χ0n) is 8.92. The molecule has 84 valence electrons. The molecule has 1 fully saturated rings. The minimum absolute atomic E-state index is 0.305. The molecule has 4 heteroatoms. The average molecular weight is 289 g/mol. The van der Waals surface area contributed by atoms with Crippen LogP contribution in [0.3, 0.4) is 0 Å². The zero-order chi connectivity index (χ0) is 10.9. The van der Waals surface area contributed by atoms with Crippen LogP contribution in [0.4, 0.5) is 0 Å². The lowest BCUT2D eigenvalue weighted by Gasteiger charge is -2.46. The first-order valence-electron chi connectivity index (χ1n) is 5.33. The SMILES string of the molecule is CNC(c1cc(Br)cs1)C1(CN)CCC1. The van der Waals surface area contributed by atoms with Crippen LogP contribution in [0.25, 0.3) is 0 Å². The number of nitrogens with one attached hydrogen (secondary N) is 1. The molecule has 3 N–H and O–H groups in total. The lowest BCUT2D eigenvalue weighted by Crippen LogP contribution is -2.46. The second-order valence-electron chi connectivity index (χ2n) is 4.31. The van der Waals surface area contributed by atoms with Crippen LogP contribution < -0.4 is 11.1 Å². The number of halogens is 1. The number of thiophene rings is 1. The molecule has 1 unspecified atom stereocenters. The minimum atomic E-state index is 0.305. The third kappa shape index (κ3) is 2.00. The molecular formula is C11H17BrN2S. The topological polar surface area (TPSA) is 38.0 Å². The summed E-state index contributed by atoms with van der Waals surface area (Å²) in [5.41, 5.74) is 6.25. The fraction of sp³-hybridized carbons (Fsp3) is 0.636. The summed E-state index contributed by atoms with van der Waals surface area (Å²) in [6.45, 7) is 0.786. The Hall–Kier alpha value is 0.1000. The predicted molar refractivity (Wildman–Crippen MR) is 69.2 cm³/mol. The lowest BCUT2D eigenvalue weighted by atomic mass is 9.63. The third-order valence-corrected chi connectivity index (χ3v) is 5.29. The molecule has 1 atom stereocenters. The normalized spacial score (nSPS) is 21.0. The third-order valence-electron chi connectivity index (χ3n) is 3.53. The summed E-state index contributed by atoms with van der Waals surface area (Å²) in [6.07, 6.45) is 3.83. The van der Waals surface area contributed by atoms with Gasteiger partial charge in [-0.1, -0.05) is 6.42 Å². The lowest BCUT2D eigenvalue weighted by molar-refractivity contribution is 0.0897. The number of nitrogens with two attached hydrogens (primary N) is 1. The van der Waals surface area contributed by atoms with Crippen molar-refractivity contribution in [1.29, 1.82) is 0 Å². The van der Waals surface area contributed by atoms with Gasteiger partial charge in [0, 0.05) is 26.2 Å². The van der Waals surface area contributed by atoms with Crippen LogP contribution in [0.15, 0.2) is 15.9 Å². The van der Waals surface area contributed by atoms with E-state index in [-0.39, 0.29) is 0 Å². The molecule has 1 aliphatic rings. The van der Waals surface area contributed by atoms with Gasteiger partial charge in [-0.05, 0) is 48.4 Å². The molecule has 1 aromatic rings. The van der Waals surface area contributed by atoms with Gasteiger partial charge in [-0.3, -0.25) is 0 Å². The maximum atomic E-state index is 5.94. The second-order valence-corrected chi connectivity index (χ2v) is 6.17. The maximum absolute atomic E-state index is 5.94. The maximum Gasteiger partial charge on any atom is 0.0482 e. The molecule has 0 aromatic carbocycles. The van der Waals surface area contributed by atoms with Gasteiger partial charge >= 0.3 is 0 Å². The molecule has 0 radical (unpaired) electrons. The fourth-order valence-corrected chi connectivity index (χ4v) is 4.17. The molecule has 1 heterocycles. The molecule has 2 rings (SSSR count). The van der Waals surface area contributed by atoms with Crippen LogP contribution in [-0.2, 0) is 0 Å². The van der Waals surface area contributed by atoms with Crippen molar-refractivity contribution in [2.45, 2.75) is 25.3 Å². The molecule has 0 spiro atoms. The molecule has 2 nitrogen and oxygen atoms in total. The average Bonchev–Trinajstić information content (AvgIpc) is 2.58. The van der Waals surface area contributed by atoms with Crippen LogP contribution in [-0.4, -0.2) is 13.6 Å². The van der Waals surface area contributed by atoms with E-state index in [0.717, 1.165) is 6.54 Å². The molecule has 0 aliphatic heterocycles. The Labute approximate surface area is 103 Å². The highest BCUT2D eigenvalue weighted by Gasteiger charge is 2.43. The van der Waals surface area contributed by atoms with Gasteiger partial charge in [0.1, 0.15) is 0 Å². The minimum Gasteiger partial charge on any atom is -0.330 e. The van der Waals surface area contributed by atoms with Gasteiger partial charge in [0.2, 0.25) is 0 Å². The Kier molecular flexibility index (Phi) is 3.50. The molecular weight excluding hydrogens is 272 g/mol. The monoisotopic (exact) mass is 288 g/mol. The van der Waals surface area contributed by atoms with Crippen molar-refractivity contribution < 1.29 is 0 Å². The van der Waals surface area contributed by atoms with Crippen LogP contribution in [0.1, 0.15) is 30.2 Å². The Morgan fingerprint density at radius 2 is 2.40 bits per heavy atom. The molecule has 0 saturated heterocycles. The Bertz CT molecular complexity index is 328. The van der Waals surface area contributed by atoms with Crippen molar-refractivity contribution in [3.63, 3.8) is 0 Å². The highest BCUT2D eigenvalue weighted by Crippen LogP contribution is 2.50. The van der Waals surface area contributed by atoms with Gasteiger partial charge < -0.3 is 11.1 Å². The van der Waals surface area contributed by atoms with Crippen molar-refractivity contribution in [2.24, 2.45) is 11.1 Å². The van der Waals surface area contributed by atoms with E-state index in [1.54, 1.807) is 0 Å². The van der Waals surface area contributed by atoms with Gasteiger partial charge in [0.05, 0.1) is 0 Å². The first-order valence-corrected chi connectivity index (χ1v) is 7.00. The van der Waals surface area contributed by atoms with Crippen molar-refractivity contribution in [1.82, 2.24) is 5.32 Å². The van der Waals surface area contributed by atoms with Gasteiger partial charge in [0.25, 0.3) is 0 Å². The summed E-state index contributed by atoms with van der Waals surface area (Å²) in [4.78, 5) is 1.40. The van der Waals surface area contributed by atoms with E-state index in [9.17, 15) is 0 Å². The van der Waals surface area contributed by atoms with E-state index in [2.05, 4.69) is 32.7 Å². The first kappa shape index (κ1) is 11.6. The van der Waals surface area contributed by atoms with E-state index >= 15 is 0 Å². The molecule has 1 aromatic heterocycles. The van der Waals surface area contributed by atoms with E-state index in [0.29, 0.717) is 11.5 Å². The van der Waals surface area contributed by atoms with Crippen LogP contribution >= 0.6 is 27.3 Å². The summed E-state index contributed by atoms with van der Waals surface area (Å²) in [7, 11) is 2.04. The number of rotatable bonds is 4. The molecule has 0 amide bonds. The Balaban J connectivity index is 2.23. The quantitative estimate of drug-likeness (QED) is 0.894. The number of hydrogen-bond donors (Lipinski definition) is 2. The zero-order valence-corrected chi connectivity index (χ0v) is 11.3. The smallest absolute Gasteiger partial charge is 0.0482 e. The van der Waals surface area contributed by atoms with E-state index in [1.807, 2.05) is 18.4 Å². The van der Waals surface area contributed by atoms with Gasteiger partial charge in [-0.15, -0.1) is 11.3 Å². The van der Waals surface area contributed by atoms with Crippen molar-refractivity contribution in [2.75, 3.05) is 13.6 Å². The van der Waals surface area contributed by atoms with Gasteiger partial charge in [0.15, 0.2) is 0 Å². The number of hydrogen-bond acceptors (Lipinski definition) is 3. The summed E-state index contributed by atoms with van der Waals surface area (Å²) in [5, 5.41) is 5.58. The summed E-state index contributed by atoms with van der Waals surface area (Å²) >= 11 is 5.32. The van der Waals surface area contributed by atoms with Crippen molar-refractivity contribution in [3.8, 4) is 0 Å². The molecule has 1 aliphatic carbocycles. The van der Waals surface area contributed by atoms with E-state index < -0.39 is 0 Å². The van der Waals surface area contributed by atoms with Gasteiger partial charge in [-0.2, -0.15) is 0 Å². The standard InChI is InChI=1S/C11H17BrN2S/c1-14-10(9-5-8(12)6-15-9)11(7-13)3-2-4-11/h5-6,10,14H,2-4,7,13H2,1H3. The molecule has 0 bridgehead atoms. The predicted octanol–water partition coefficient (Wildman–Crippen LogP) is 2.90. The largest absolute Gasteiger partial charge is 0.330 e. The first-order chi connectivity index (χ1) is 7.22.